The van der Waals surface area contributed by atoms with Gasteiger partial charge in [0.2, 0.25) is 0 Å². The van der Waals surface area contributed by atoms with Gasteiger partial charge < -0.3 is 9.83 Å². The molecular weight excluding hydrogens is 257 g/mol. The standard InChI is InChI=1S/C13H11Cl2NO/c1-8(16)6-10-3-5-13(17-10)9-2-4-11(14)12(15)7-9/h2-5,7,16H,6H2,1H3. The van der Waals surface area contributed by atoms with Gasteiger partial charge in [0.1, 0.15) is 11.5 Å². The molecule has 4 heteroatoms. The molecule has 2 nitrogen and oxygen atoms in total. The minimum atomic E-state index is 0.505. The molecule has 2 rings (SSSR count). The van der Waals surface area contributed by atoms with Gasteiger partial charge in [-0.15, -0.1) is 0 Å². The molecule has 0 atom stereocenters. The SMILES string of the molecule is CC(=N)Cc1ccc(-c2ccc(Cl)c(Cl)c2)o1. The Morgan fingerprint density at radius 2 is 1.94 bits per heavy atom. The van der Waals surface area contributed by atoms with E-state index >= 15 is 0 Å². The summed E-state index contributed by atoms with van der Waals surface area (Å²) in [6.07, 6.45) is 0.529. The van der Waals surface area contributed by atoms with E-state index in [9.17, 15) is 0 Å². The highest BCUT2D eigenvalue weighted by Gasteiger charge is 2.07. The molecule has 88 valence electrons. The van der Waals surface area contributed by atoms with Crippen molar-refractivity contribution in [3.63, 3.8) is 0 Å². The lowest BCUT2D eigenvalue weighted by molar-refractivity contribution is 0.540. The number of rotatable bonds is 3. The first-order valence-corrected chi connectivity index (χ1v) is 5.90. The van der Waals surface area contributed by atoms with Gasteiger partial charge in [-0.05, 0) is 37.3 Å². The normalized spacial score (nSPS) is 10.5. The highest BCUT2D eigenvalue weighted by molar-refractivity contribution is 6.42. The van der Waals surface area contributed by atoms with Crippen LogP contribution in [0.5, 0.6) is 0 Å². The zero-order valence-electron chi connectivity index (χ0n) is 9.26. The lowest BCUT2D eigenvalue weighted by Crippen LogP contribution is -1.92. The molecule has 2 aromatic rings. The number of furan rings is 1. The fourth-order valence-corrected chi connectivity index (χ4v) is 1.84. The van der Waals surface area contributed by atoms with E-state index < -0.39 is 0 Å². The fraction of sp³-hybridized carbons (Fsp3) is 0.154. The summed E-state index contributed by atoms with van der Waals surface area (Å²) in [5, 5.41) is 8.44. The van der Waals surface area contributed by atoms with Crippen LogP contribution in [0.4, 0.5) is 0 Å². The highest BCUT2D eigenvalue weighted by Crippen LogP contribution is 2.29. The molecule has 1 aromatic carbocycles. The molecule has 0 aliphatic rings. The second-order valence-electron chi connectivity index (χ2n) is 3.85. The average Bonchev–Trinajstić information content (AvgIpc) is 2.69. The first kappa shape index (κ1) is 12.2. The molecule has 0 aliphatic carbocycles. The van der Waals surface area contributed by atoms with E-state index in [1.165, 1.54) is 0 Å². The second kappa shape index (κ2) is 4.94. The van der Waals surface area contributed by atoms with Gasteiger partial charge >= 0.3 is 0 Å². The summed E-state index contributed by atoms with van der Waals surface area (Å²) in [6, 6.07) is 9.11. The summed E-state index contributed by atoms with van der Waals surface area (Å²) in [4.78, 5) is 0. The van der Waals surface area contributed by atoms with Gasteiger partial charge in [-0.2, -0.15) is 0 Å². The Hall–Kier alpha value is -1.25. The van der Waals surface area contributed by atoms with Gasteiger partial charge in [0, 0.05) is 17.7 Å². The fourth-order valence-electron chi connectivity index (χ4n) is 1.54. The van der Waals surface area contributed by atoms with Gasteiger partial charge in [0.25, 0.3) is 0 Å². The van der Waals surface area contributed by atoms with Gasteiger partial charge in [-0.1, -0.05) is 23.2 Å². The number of nitrogens with one attached hydrogen (secondary N) is 1. The van der Waals surface area contributed by atoms with Crippen molar-refractivity contribution in [2.24, 2.45) is 0 Å². The van der Waals surface area contributed by atoms with Crippen molar-refractivity contribution < 1.29 is 4.42 Å². The third-order valence-corrected chi connectivity index (χ3v) is 3.04. The van der Waals surface area contributed by atoms with Crippen LogP contribution in [0.15, 0.2) is 34.7 Å². The molecule has 1 heterocycles. The summed E-state index contributed by atoms with van der Waals surface area (Å²) in [5.41, 5.74) is 1.45. The second-order valence-corrected chi connectivity index (χ2v) is 4.67. The third kappa shape index (κ3) is 2.90. The van der Waals surface area contributed by atoms with Crippen molar-refractivity contribution in [2.45, 2.75) is 13.3 Å². The van der Waals surface area contributed by atoms with E-state index in [4.69, 9.17) is 33.0 Å². The maximum absolute atomic E-state index is 7.41. The summed E-state index contributed by atoms with van der Waals surface area (Å²) >= 11 is 11.8. The van der Waals surface area contributed by atoms with Crippen molar-refractivity contribution >= 4 is 28.9 Å². The molecule has 0 unspecified atom stereocenters. The Bertz CT molecular complexity index is 560. The van der Waals surface area contributed by atoms with Crippen LogP contribution < -0.4 is 0 Å². The Kier molecular flexibility index (Phi) is 3.55. The van der Waals surface area contributed by atoms with E-state index in [0.717, 1.165) is 17.1 Å². The quantitative estimate of drug-likeness (QED) is 0.795. The third-order valence-electron chi connectivity index (χ3n) is 2.31. The molecule has 0 fully saturated rings. The van der Waals surface area contributed by atoms with E-state index in [1.807, 2.05) is 18.2 Å². The zero-order chi connectivity index (χ0) is 12.4. The number of halogens is 2. The molecule has 0 bridgehead atoms. The molecule has 0 amide bonds. The van der Waals surface area contributed by atoms with Gasteiger partial charge in [-0.25, -0.2) is 0 Å². The maximum atomic E-state index is 7.41. The van der Waals surface area contributed by atoms with E-state index in [-0.39, 0.29) is 0 Å². The number of hydrogen-bond acceptors (Lipinski definition) is 2. The lowest BCUT2D eigenvalue weighted by atomic mass is 10.2. The molecule has 17 heavy (non-hydrogen) atoms. The van der Waals surface area contributed by atoms with Crippen LogP contribution in [0.1, 0.15) is 12.7 Å². The van der Waals surface area contributed by atoms with Gasteiger partial charge in [-0.3, -0.25) is 0 Å². The topological polar surface area (TPSA) is 37.0 Å². The van der Waals surface area contributed by atoms with Crippen molar-refractivity contribution in [1.82, 2.24) is 0 Å². The van der Waals surface area contributed by atoms with Crippen molar-refractivity contribution in [3.8, 4) is 11.3 Å². The van der Waals surface area contributed by atoms with Crippen LogP contribution in [-0.2, 0) is 6.42 Å². The first-order chi connectivity index (χ1) is 8.06. The predicted octanol–water partition coefficient (Wildman–Crippen LogP) is 4.84. The summed E-state index contributed by atoms with van der Waals surface area (Å²) in [6.45, 7) is 1.75. The number of hydrogen-bond donors (Lipinski definition) is 1. The minimum absolute atomic E-state index is 0.505. The van der Waals surface area contributed by atoms with Crippen LogP contribution in [-0.4, -0.2) is 5.71 Å². The van der Waals surface area contributed by atoms with Crippen molar-refractivity contribution in [1.29, 1.82) is 5.41 Å². The van der Waals surface area contributed by atoms with Crippen LogP contribution in [0.2, 0.25) is 10.0 Å². The molecule has 1 N–H and O–H groups in total. The summed E-state index contributed by atoms with van der Waals surface area (Å²) in [5.74, 6) is 1.51. The minimum Gasteiger partial charge on any atom is -0.461 e. The zero-order valence-corrected chi connectivity index (χ0v) is 10.8. The molecule has 1 aromatic heterocycles. The Morgan fingerprint density at radius 1 is 1.18 bits per heavy atom. The highest BCUT2D eigenvalue weighted by atomic mass is 35.5. The Morgan fingerprint density at radius 3 is 2.59 bits per heavy atom. The van der Waals surface area contributed by atoms with Crippen LogP contribution in [0, 0.1) is 5.41 Å². The first-order valence-electron chi connectivity index (χ1n) is 5.14. The Labute approximate surface area is 110 Å². The van der Waals surface area contributed by atoms with Crippen molar-refractivity contribution in [2.75, 3.05) is 0 Å². The Balaban J connectivity index is 2.30. The van der Waals surface area contributed by atoms with Gasteiger partial charge in [0.05, 0.1) is 10.0 Å². The molecule has 0 saturated heterocycles. The lowest BCUT2D eigenvalue weighted by Gasteiger charge is -2.00. The van der Waals surface area contributed by atoms with E-state index in [0.29, 0.717) is 22.2 Å². The predicted molar refractivity (Wildman–Crippen MR) is 71.3 cm³/mol. The van der Waals surface area contributed by atoms with E-state index in [2.05, 4.69) is 0 Å². The molecular formula is C13H11Cl2NO. The van der Waals surface area contributed by atoms with Crippen LogP contribution in [0.25, 0.3) is 11.3 Å². The molecule has 0 radical (unpaired) electrons. The van der Waals surface area contributed by atoms with Crippen LogP contribution >= 0.6 is 23.2 Å². The van der Waals surface area contributed by atoms with Crippen molar-refractivity contribution in [3.05, 3.63) is 46.1 Å². The summed E-state index contributed by atoms with van der Waals surface area (Å²) in [7, 11) is 0. The largest absolute Gasteiger partial charge is 0.461 e. The molecule has 0 aliphatic heterocycles. The van der Waals surface area contributed by atoms with Gasteiger partial charge in [0.15, 0.2) is 0 Å². The maximum Gasteiger partial charge on any atom is 0.134 e. The number of benzene rings is 1. The van der Waals surface area contributed by atoms with E-state index in [1.54, 1.807) is 19.1 Å². The molecule has 0 saturated carbocycles. The average molecular weight is 268 g/mol. The smallest absolute Gasteiger partial charge is 0.134 e. The monoisotopic (exact) mass is 267 g/mol. The van der Waals surface area contributed by atoms with Crippen LogP contribution in [0.3, 0.4) is 0 Å². The summed E-state index contributed by atoms with van der Waals surface area (Å²) < 4.78 is 5.63. The molecule has 0 spiro atoms.